The van der Waals surface area contributed by atoms with Crippen LogP contribution in [0.15, 0.2) is 30.6 Å². The molecule has 0 radical (unpaired) electrons. The van der Waals surface area contributed by atoms with Gasteiger partial charge in [0.15, 0.2) is 0 Å². The number of nitrogens with two attached hydrogens (primary N) is 1. The Hall–Kier alpha value is -2.63. The van der Waals surface area contributed by atoms with E-state index in [1.54, 1.807) is 19.2 Å². The van der Waals surface area contributed by atoms with Gasteiger partial charge in [-0.1, -0.05) is 6.07 Å². The predicted molar refractivity (Wildman–Crippen MR) is 80.9 cm³/mol. The molecule has 0 spiro atoms. The van der Waals surface area contributed by atoms with Crippen molar-refractivity contribution < 1.29 is 9.53 Å². The van der Waals surface area contributed by atoms with Crippen molar-refractivity contribution in [1.82, 2.24) is 9.97 Å². The summed E-state index contributed by atoms with van der Waals surface area (Å²) in [5.74, 6) is 0.0000674. The van der Waals surface area contributed by atoms with Crippen molar-refractivity contribution in [2.24, 2.45) is 0 Å². The molecule has 6 heteroatoms. The van der Waals surface area contributed by atoms with Gasteiger partial charge in [0.1, 0.15) is 5.82 Å². The van der Waals surface area contributed by atoms with Crippen LogP contribution < -0.4 is 11.1 Å². The zero-order valence-electron chi connectivity index (χ0n) is 12.1. The topological polar surface area (TPSA) is 90.1 Å². The van der Waals surface area contributed by atoms with Gasteiger partial charge in [0.2, 0.25) is 0 Å². The minimum absolute atomic E-state index is 0.282. The van der Waals surface area contributed by atoms with Crippen molar-refractivity contribution in [2.45, 2.75) is 20.4 Å². The summed E-state index contributed by atoms with van der Waals surface area (Å²) in [6.45, 7) is 4.51. The van der Waals surface area contributed by atoms with Gasteiger partial charge in [0, 0.05) is 12.4 Å². The maximum Gasteiger partial charge on any atom is 0.340 e. The molecule has 0 aliphatic carbocycles. The Morgan fingerprint density at radius 2 is 2.14 bits per heavy atom. The van der Waals surface area contributed by atoms with Crippen LogP contribution in [0.25, 0.3) is 0 Å². The van der Waals surface area contributed by atoms with Gasteiger partial charge in [-0.3, -0.25) is 4.98 Å². The normalized spacial score (nSPS) is 10.2. The monoisotopic (exact) mass is 286 g/mol. The molecule has 0 saturated heterocycles. The second-order valence-corrected chi connectivity index (χ2v) is 4.46. The molecule has 0 aliphatic rings. The lowest BCUT2D eigenvalue weighted by Gasteiger charge is -2.11. The fourth-order valence-corrected chi connectivity index (χ4v) is 1.87. The molecule has 3 N–H and O–H groups in total. The second-order valence-electron chi connectivity index (χ2n) is 4.46. The molecular formula is C15H18N4O2. The van der Waals surface area contributed by atoms with Crippen molar-refractivity contribution >= 4 is 17.5 Å². The zero-order chi connectivity index (χ0) is 15.2. The first-order valence-corrected chi connectivity index (χ1v) is 6.69. The summed E-state index contributed by atoms with van der Waals surface area (Å²) in [5.41, 5.74) is 8.54. The maximum atomic E-state index is 11.8. The number of nitrogen functional groups attached to an aromatic ring is 1. The molecule has 110 valence electrons. The average molecular weight is 286 g/mol. The smallest absolute Gasteiger partial charge is 0.340 e. The molecule has 2 heterocycles. The Morgan fingerprint density at radius 3 is 2.86 bits per heavy atom. The summed E-state index contributed by atoms with van der Waals surface area (Å²) in [7, 11) is 0. The Balaban J connectivity index is 2.16. The molecule has 0 aromatic carbocycles. The third-order valence-corrected chi connectivity index (χ3v) is 3.03. The lowest BCUT2D eigenvalue weighted by molar-refractivity contribution is 0.0527. The van der Waals surface area contributed by atoms with Gasteiger partial charge in [-0.2, -0.15) is 0 Å². The van der Waals surface area contributed by atoms with Crippen LogP contribution in [0, 0.1) is 6.92 Å². The summed E-state index contributed by atoms with van der Waals surface area (Å²) < 4.78 is 4.96. The van der Waals surface area contributed by atoms with E-state index in [2.05, 4.69) is 15.3 Å². The molecule has 0 fully saturated rings. The molecule has 0 aliphatic heterocycles. The third kappa shape index (κ3) is 3.47. The molecule has 0 bridgehead atoms. The number of carbonyl (C=O) groups excluding carboxylic acids is 1. The van der Waals surface area contributed by atoms with Gasteiger partial charge in [0.25, 0.3) is 0 Å². The van der Waals surface area contributed by atoms with Crippen molar-refractivity contribution in [2.75, 3.05) is 17.7 Å². The number of pyridine rings is 2. The standard InChI is InChI=1S/C15H18N4O2/c1-3-21-15(20)11-6-8-18-14(13(11)16)19-9-12-10(2)5-4-7-17-12/h4-8H,3,9,16H2,1-2H3,(H,18,19). The van der Waals surface area contributed by atoms with Crippen LogP contribution in [0.3, 0.4) is 0 Å². The third-order valence-electron chi connectivity index (χ3n) is 3.03. The minimum atomic E-state index is -0.450. The Morgan fingerprint density at radius 1 is 1.33 bits per heavy atom. The number of esters is 1. The first-order valence-electron chi connectivity index (χ1n) is 6.69. The van der Waals surface area contributed by atoms with Crippen molar-refractivity contribution in [3.05, 3.63) is 47.4 Å². The SMILES string of the molecule is CCOC(=O)c1ccnc(NCc2ncccc2C)c1N. The molecular weight excluding hydrogens is 268 g/mol. The van der Waals surface area contributed by atoms with Crippen LogP contribution in [0.4, 0.5) is 11.5 Å². The summed E-state index contributed by atoms with van der Waals surface area (Å²) in [4.78, 5) is 20.2. The van der Waals surface area contributed by atoms with E-state index in [0.29, 0.717) is 24.5 Å². The van der Waals surface area contributed by atoms with Gasteiger partial charge < -0.3 is 15.8 Å². The van der Waals surface area contributed by atoms with Crippen LogP contribution in [-0.4, -0.2) is 22.5 Å². The van der Waals surface area contributed by atoms with E-state index < -0.39 is 5.97 Å². The molecule has 2 aromatic heterocycles. The Labute approximate surface area is 123 Å². The van der Waals surface area contributed by atoms with Gasteiger partial charge in [-0.25, -0.2) is 9.78 Å². The largest absolute Gasteiger partial charge is 0.462 e. The zero-order valence-corrected chi connectivity index (χ0v) is 12.1. The van der Waals surface area contributed by atoms with Crippen molar-refractivity contribution in [3.63, 3.8) is 0 Å². The number of hydrogen-bond acceptors (Lipinski definition) is 6. The van der Waals surface area contributed by atoms with Gasteiger partial charge >= 0.3 is 5.97 Å². The van der Waals surface area contributed by atoms with Crippen molar-refractivity contribution in [1.29, 1.82) is 0 Å². The number of nitrogens with one attached hydrogen (secondary N) is 1. The number of carbonyl (C=O) groups is 1. The van der Waals surface area contributed by atoms with Crippen LogP contribution in [0.1, 0.15) is 28.5 Å². The molecule has 0 saturated carbocycles. The van der Waals surface area contributed by atoms with E-state index in [1.807, 2.05) is 19.1 Å². The van der Waals surface area contributed by atoms with Crippen LogP contribution in [0.2, 0.25) is 0 Å². The number of nitrogens with zero attached hydrogens (tertiary/aromatic N) is 2. The van der Waals surface area contributed by atoms with Gasteiger partial charge in [-0.15, -0.1) is 0 Å². The maximum absolute atomic E-state index is 11.8. The summed E-state index contributed by atoms with van der Waals surface area (Å²) >= 11 is 0. The van der Waals surface area contributed by atoms with E-state index in [1.165, 1.54) is 6.20 Å². The van der Waals surface area contributed by atoms with E-state index in [9.17, 15) is 4.79 Å². The highest BCUT2D eigenvalue weighted by Crippen LogP contribution is 2.21. The highest BCUT2D eigenvalue weighted by molar-refractivity contribution is 5.97. The molecule has 6 nitrogen and oxygen atoms in total. The summed E-state index contributed by atoms with van der Waals surface area (Å²) in [6.07, 6.45) is 3.26. The highest BCUT2D eigenvalue weighted by atomic mass is 16.5. The summed E-state index contributed by atoms with van der Waals surface area (Å²) in [5, 5.41) is 3.10. The Bertz CT molecular complexity index is 643. The quantitative estimate of drug-likeness (QED) is 0.819. The van der Waals surface area contributed by atoms with Gasteiger partial charge in [0.05, 0.1) is 30.1 Å². The number of anilines is 2. The first kappa shape index (κ1) is 14.8. The summed E-state index contributed by atoms with van der Waals surface area (Å²) in [6, 6.07) is 5.41. The fourth-order valence-electron chi connectivity index (χ4n) is 1.87. The first-order chi connectivity index (χ1) is 10.1. The molecule has 0 unspecified atom stereocenters. The number of aromatic nitrogens is 2. The lowest BCUT2D eigenvalue weighted by Crippen LogP contribution is -2.12. The van der Waals surface area contributed by atoms with Crippen molar-refractivity contribution in [3.8, 4) is 0 Å². The van der Waals surface area contributed by atoms with Crippen LogP contribution in [0.5, 0.6) is 0 Å². The van der Waals surface area contributed by atoms with Crippen LogP contribution >= 0.6 is 0 Å². The molecule has 21 heavy (non-hydrogen) atoms. The lowest BCUT2D eigenvalue weighted by atomic mass is 10.2. The van der Waals surface area contributed by atoms with E-state index in [-0.39, 0.29) is 5.69 Å². The number of aryl methyl sites for hydroxylation is 1. The fraction of sp³-hybridized carbons (Fsp3) is 0.267. The van der Waals surface area contributed by atoms with E-state index >= 15 is 0 Å². The van der Waals surface area contributed by atoms with E-state index in [4.69, 9.17) is 10.5 Å². The predicted octanol–water partition coefficient (Wildman–Crippen LogP) is 2.16. The molecule has 0 atom stereocenters. The average Bonchev–Trinajstić information content (AvgIpc) is 2.48. The Kier molecular flexibility index (Phi) is 4.71. The number of ether oxygens (including phenoxy) is 1. The van der Waals surface area contributed by atoms with Gasteiger partial charge in [-0.05, 0) is 31.5 Å². The molecule has 2 aromatic rings. The highest BCUT2D eigenvalue weighted by Gasteiger charge is 2.14. The second kappa shape index (κ2) is 6.69. The van der Waals surface area contributed by atoms with Crippen LogP contribution in [-0.2, 0) is 11.3 Å². The number of hydrogen-bond donors (Lipinski definition) is 2. The molecule has 0 amide bonds. The number of rotatable bonds is 5. The minimum Gasteiger partial charge on any atom is -0.462 e. The molecule has 2 rings (SSSR count). The van der Waals surface area contributed by atoms with E-state index in [0.717, 1.165) is 11.3 Å².